The Bertz CT molecular complexity index is 2610. The Morgan fingerprint density at radius 1 is 0.618 bits per heavy atom. The molecule has 2 atom stereocenters. The number of nitriles is 1. The van der Waals surface area contributed by atoms with E-state index < -0.39 is 9.84 Å². The Morgan fingerprint density at radius 3 is 1.58 bits per heavy atom. The number of rotatable bonds is 16. The Kier molecular flexibility index (Phi) is 10.0. The highest BCUT2D eigenvalue weighted by Gasteiger charge is 2.29. The van der Waals surface area contributed by atoms with Crippen molar-refractivity contribution in [2.24, 2.45) is 4.99 Å². The summed E-state index contributed by atoms with van der Waals surface area (Å²) in [6, 6.07) is 31.2. The molecule has 2 unspecified atom stereocenters. The summed E-state index contributed by atoms with van der Waals surface area (Å²) in [5.74, 6) is 2.59. The van der Waals surface area contributed by atoms with Gasteiger partial charge in [0.2, 0.25) is 29.5 Å². The van der Waals surface area contributed by atoms with Crippen LogP contribution in [0.5, 0.6) is 28.7 Å². The number of fused-ring (bicyclic) bond motifs is 2. The largest absolute Gasteiger partial charge is 0.457 e. The lowest BCUT2D eigenvalue weighted by Crippen LogP contribution is -2.11. The average molecular weight is 757 g/mol. The van der Waals surface area contributed by atoms with Crippen LogP contribution in [0.15, 0.2) is 124 Å². The van der Waals surface area contributed by atoms with Crippen molar-refractivity contribution in [1.82, 2.24) is 0 Å². The van der Waals surface area contributed by atoms with Gasteiger partial charge in [0.05, 0.1) is 40.9 Å². The van der Waals surface area contributed by atoms with Crippen LogP contribution in [0.4, 0.5) is 5.69 Å². The van der Waals surface area contributed by atoms with Gasteiger partial charge in [-0.25, -0.2) is 13.2 Å². The molecule has 8 rings (SSSR count). The Labute approximate surface area is 315 Å². The highest BCUT2D eigenvalue weighted by atomic mass is 32.2. The van der Waals surface area contributed by atoms with E-state index in [1.54, 1.807) is 73.0 Å². The van der Waals surface area contributed by atoms with Gasteiger partial charge in [-0.2, -0.15) is 4.99 Å². The summed E-state index contributed by atoms with van der Waals surface area (Å²) in [6.45, 7) is 0.954. The van der Waals surface area contributed by atoms with Crippen molar-refractivity contribution >= 4 is 43.1 Å². The molecule has 12 nitrogen and oxygen atoms in total. The molecule has 2 aliphatic rings. The lowest BCUT2D eigenvalue weighted by atomic mass is 10.1. The summed E-state index contributed by atoms with van der Waals surface area (Å²) in [7, 11) is -3.94. The number of hydrogen-bond donors (Lipinski definition) is 0. The third-order valence-electron chi connectivity index (χ3n) is 9.18. The van der Waals surface area contributed by atoms with Crippen LogP contribution in [0.3, 0.4) is 0 Å². The van der Waals surface area contributed by atoms with Gasteiger partial charge in [0.15, 0.2) is 0 Å². The smallest absolute Gasteiger partial charge is 0.292 e. The average Bonchev–Trinajstić information content (AvgIpc) is 4.14. The first kappa shape index (κ1) is 35.6. The fourth-order valence-electron chi connectivity index (χ4n) is 6.20. The molecule has 2 saturated heterocycles. The van der Waals surface area contributed by atoms with Crippen LogP contribution in [-0.4, -0.2) is 53.5 Å². The summed E-state index contributed by atoms with van der Waals surface area (Å²) in [5, 5.41) is 12.3. The maximum Gasteiger partial charge on any atom is 0.292 e. The Balaban J connectivity index is 0.955. The van der Waals surface area contributed by atoms with E-state index in [0.29, 0.717) is 71.6 Å². The molecule has 0 radical (unpaired) electrons. The second-order valence-corrected chi connectivity index (χ2v) is 14.9. The Morgan fingerprint density at radius 2 is 1.09 bits per heavy atom. The molecule has 0 spiro atoms. The first-order valence-electron chi connectivity index (χ1n) is 17.3. The number of carbonyl (C=O) groups excluding carboxylic acids is 1. The molecule has 0 amide bonds. The number of epoxide rings is 2. The van der Waals surface area contributed by atoms with Crippen molar-refractivity contribution in [3.8, 4) is 35.0 Å². The van der Waals surface area contributed by atoms with Crippen molar-refractivity contribution < 1.29 is 46.4 Å². The van der Waals surface area contributed by atoms with E-state index in [9.17, 15) is 13.2 Å². The van der Waals surface area contributed by atoms with E-state index in [4.69, 9.17) is 38.4 Å². The van der Waals surface area contributed by atoms with E-state index in [0.717, 1.165) is 21.5 Å². The van der Waals surface area contributed by atoms with Crippen LogP contribution in [-0.2, 0) is 36.9 Å². The summed E-state index contributed by atoms with van der Waals surface area (Å²) < 4.78 is 67.7. The quantitative estimate of drug-likeness (QED) is 0.0319. The molecule has 0 aromatic heterocycles. The standard InChI is InChI=1S/C42H32N2O10S/c43-23-50-34-6-3-30-16-36(8-4-29(30)14-34)52-26-54-42-12-10-40(20-32(42)18-38-22-49-38)55(46,47)39-9-11-41(31(19-39)17-37-21-48-37)53-25-51-35-7-2-27-13-33(44-24-45)5-1-28(27)15-35/h1-16,19-20,37-38H,17-18,21-22,25-26H2. The normalized spacial score (nSPS) is 15.8. The van der Waals surface area contributed by atoms with Gasteiger partial charge in [-0.3, -0.25) is 0 Å². The number of hydrogen-bond acceptors (Lipinski definition) is 12. The van der Waals surface area contributed by atoms with E-state index in [1.165, 1.54) is 12.1 Å². The second kappa shape index (κ2) is 15.5. The molecule has 2 fully saturated rings. The first-order chi connectivity index (χ1) is 26.8. The van der Waals surface area contributed by atoms with Gasteiger partial charge in [-0.05, 0) is 118 Å². The summed E-state index contributed by atoms with van der Waals surface area (Å²) >= 11 is 0. The number of benzene rings is 6. The van der Waals surface area contributed by atoms with Crippen LogP contribution in [0.25, 0.3) is 21.5 Å². The Hall–Kier alpha value is -6.42. The number of nitrogens with zero attached hydrogens (tertiary/aromatic N) is 2. The number of isocyanates is 1. The van der Waals surface area contributed by atoms with Gasteiger partial charge >= 0.3 is 0 Å². The molecule has 0 bridgehead atoms. The maximum absolute atomic E-state index is 14.0. The second-order valence-electron chi connectivity index (χ2n) is 12.9. The van der Waals surface area contributed by atoms with E-state index >= 15 is 0 Å². The fraction of sp³-hybridized carbons (Fsp3) is 0.190. The van der Waals surface area contributed by atoms with Gasteiger partial charge in [0.25, 0.3) is 6.26 Å². The predicted molar refractivity (Wildman–Crippen MR) is 199 cm³/mol. The molecule has 0 saturated carbocycles. The lowest BCUT2D eigenvalue weighted by molar-refractivity contribution is 0.118. The van der Waals surface area contributed by atoms with Crippen molar-refractivity contribution in [2.75, 3.05) is 26.8 Å². The molecule has 55 heavy (non-hydrogen) atoms. The highest BCUT2D eigenvalue weighted by Crippen LogP contribution is 2.34. The van der Waals surface area contributed by atoms with Gasteiger partial charge in [-0.1, -0.05) is 24.3 Å². The van der Waals surface area contributed by atoms with Crippen LogP contribution in [0.2, 0.25) is 0 Å². The zero-order valence-electron chi connectivity index (χ0n) is 29.2. The molecule has 276 valence electrons. The molecule has 2 aliphatic heterocycles. The van der Waals surface area contributed by atoms with Gasteiger partial charge < -0.3 is 33.2 Å². The maximum atomic E-state index is 14.0. The monoisotopic (exact) mass is 756 g/mol. The molecule has 13 heteroatoms. The minimum atomic E-state index is -3.94. The number of ether oxygens (including phenoxy) is 7. The SMILES string of the molecule is N#COc1ccc2cc(OCOc3ccc(S(=O)(=O)c4ccc(OCOc5ccc6cc(N=C=O)ccc6c5)c(CC5CO5)c4)cc3CC3CO3)ccc2c1. The molecular weight excluding hydrogens is 725 g/mol. The topological polar surface area (TPSA) is 159 Å². The van der Waals surface area contributed by atoms with Crippen LogP contribution in [0.1, 0.15) is 11.1 Å². The lowest BCUT2D eigenvalue weighted by Gasteiger charge is -2.16. The van der Waals surface area contributed by atoms with Crippen LogP contribution in [0, 0.1) is 11.5 Å². The highest BCUT2D eigenvalue weighted by molar-refractivity contribution is 7.91. The predicted octanol–water partition coefficient (Wildman–Crippen LogP) is 7.37. The fourth-order valence-corrected chi connectivity index (χ4v) is 7.56. The minimum absolute atomic E-state index is 0.0222. The molecular formula is C42H32N2O10S. The summed E-state index contributed by atoms with van der Waals surface area (Å²) in [6.07, 6.45) is 4.13. The molecule has 0 N–H and O–H groups in total. The van der Waals surface area contributed by atoms with Gasteiger partial charge in [0.1, 0.15) is 28.7 Å². The molecule has 0 aliphatic carbocycles. The van der Waals surface area contributed by atoms with Crippen LogP contribution >= 0.6 is 0 Å². The van der Waals surface area contributed by atoms with Crippen molar-refractivity contribution in [1.29, 1.82) is 5.26 Å². The third kappa shape index (κ3) is 8.54. The molecule has 6 aromatic rings. The zero-order valence-corrected chi connectivity index (χ0v) is 30.0. The van der Waals surface area contributed by atoms with Gasteiger partial charge in [0, 0.05) is 12.8 Å². The number of aliphatic imine (C=N–C) groups is 1. The third-order valence-corrected chi connectivity index (χ3v) is 10.9. The van der Waals surface area contributed by atoms with E-state index in [-0.39, 0.29) is 35.6 Å². The number of sulfone groups is 1. The van der Waals surface area contributed by atoms with Crippen molar-refractivity contribution in [3.05, 3.63) is 120 Å². The van der Waals surface area contributed by atoms with Crippen molar-refractivity contribution in [2.45, 2.75) is 34.8 Å². The van der Waals surface area contributed by atoms with Crippen LogP contribution < -0.4 is 23.7 Å². The van der Waals surface area contributed by atoms with Gasteiger partial charge in [-0.15, -0.1) is 5.26 Å². The molecule has 2 heterocycles. The zero-order chi connectivity index (χ0) is 37.8. The minimum Gasteiger partial charge on any atom is -0.457 e. The summed E-state index contributed by atoms with van der Waals surface area (Å²) in [5.41, 5.74) is 1.88. The van der Waals surface area contributed by atoms with E-state index in [2.05, 4.69) is 4.99 Å². The van der Waals surface area contributed by atoms with Crippen molar-refractivity contribution in [3.63, 3.8) is 0 Å². The molecule has 6 aromatic carbocycles. The van der Waals surface area contributed by atoms with E-state index in [1.807, 2.05) is 36.4 Å². The first-order valence-corrected chi connectivity index (χ1v) is 18.8. The summed E-state index contributed by atoms with van der Waals surface area (Å²) in [4.78, 5) is 14.5.